The minimum Gasteiger partial charge on any atom is -0.449 e. The fourth-order valence-electron chi connectivity index (χ4n) is 7.79. The quantitative estimate of drug-likeness (QED) is 0.189. The standard InChI is InChI=1S/C45H31NO2S/c1-45(2)36-20-10-9-17-31(36)35-26-39-40(27-37(35)45)47-38-21-11-19-33(44(38)48-39)32-18-12-22-41-43(32)34-24-23-30(25-42(34)49-41)46(28-13-5-3-6-14-28)29-15-7-4-8-16-29/h3-27H,1-2H3. The summed E-state index contributed by atoms with van der Waals surface area (Å²) in [6.07, 6.45) is 0. The highest BCUT2D eigenvalue weighted by molar-refractivity contribution is 7.26. The van der Waals surface area contributed by atoms with Crippen LogP contribution in [0.1, 0.15) is 25.0 Å². The predicted octanol–water partition coefficient (Wildman–Crippen LogP) is 13.4. The first-order chi connectivity index (χ1) is 24.0. The first kappa shape index (κ1) is 28.2. The summed E-state index contributed by atoms with van der Waals surface area (Å²) in [6, 6.07) is 53.8. The maximum absolute atomic E-state index is 6.83. The average Bonchev–Trinajstić information content (AvgIpc) is 3.62. The summed E-state index contributed by atoms with van der Waals surface area (Å²) in [5.74, 6) is 3.00. The molecule has 234 valence electrons. The molecule has 0 spiro atoms. The zero-order valence-electron chi connectivity index (χ0n) is 27.1. The largest absolute Gasteiger partial charge is 0.449 e. The Labute approximate surface area is 289 Å². The van der Waals surface area contributed by atoms with Gasteiger partial charge in [-0.2, -0.15) is 0 Å². The van der Waals surface area contributed by atoms with Crippen LogP contribution < -0.4 is 14.4 Å². The van der Waals surface area contributed by atoms with E-state index in [4.69, 9.17) is 9.47 Å². The second-order valence-electron chi connectivity index (χ2n) is 13.3. The zero-order valence-corrected chi connectivity index (χ0v) is 27.9. The molecule has 2 heterocycles. The molecule has 8 aromatic rings. The van der Waals surface area contributed by atoms with Crippen LogP contribution in [0.25, 0.3) is 42.4 Å². The molecule has 0 unspecified atom stereocenters. The predicted molar refractivity (Wildman–Crippen MR) is 204 cm³/mol. The second-order valence-corrected chi connectivity index (χ2v) is 14.4. The van der Waals surface area contributed by atoms with Gasteiger partial charge in [0.05, 0.1) is 0 Å². The van der Waals surface area contributed by atoms with Gasteiger partial charge < -0.3 is 14.4 Å². The van der Waals surface area contributed by atoms with E-state index in [1.807, 2.05) is 17.4 Å². The molecule has 0 radical (unpaired) electrons. The van der Waals surface area contributed by atoms with Gasteiger partial charge in [-0.25, -0.2) is 0 Å². The van der Waals surface area contributed by atoms with Gasteiger partial charge in [0.2, 0.25) is 0 Å². The van der Waals surface area contributed by atoms with Crippen molar-refractivity contribution in [3.63, 3.8) is 0 Å². The highest BCUT2D eigenvalue weighted by atomic mass is 32.1. The molecule has 1 aliphatic heterocycles. The highest BCUT2D eigenvalue weighted by Gasteiger charge is 2.37. The summed E-state index contributed by atoms with van der Waals surface area (Å²) >= 11 is 1.83. The summed E-state index contributed by atoms with van der Waals surface area (Å²) < 4.78 is 15.9. The third-order valence-corrected chi connectivity index (χ3v) is 11.2. The Bertz CT molecular complexity index is 2550. The zero-order chi connectivity index (χ0) is 32.7. The van der Waals surface area contributed by atoms with Crippen LogP contribution in [0.2, 0.25) is 0 Å². The number of rotatable bonds is 4. The molecule has 0 amide bonds. The number of hydrogen-bond acceptors (Lipinski definition) is 4. The highest BCUT2D eigenvalue weighted by Crippen LogP contribution is 2.57. The number of fused-ring (bicyclic) bond motifs is 8. The summed E-state index contributed by atoms with van der Waals surface area (Å²) in [6.45, 7) is 4.57. The third-order valence-electron chi connectivity index (χ3n) is 10.1. The van der Waals surface area contributed by atoms with Crippen molar-refractivity contribution in [3.8, 4) is 45.3 Å². The Morgan fingerprint density at radius 2 is 1.14 bits per heavy atom. The number of nitrogens with zero attached hydrogens (tertiary/aromatic N) is 1. The van der Waals surface area contributed by atoms with Gasteiger partial charge in [-0.15, -0.1) is 11.3 Å². The van der Waals surface area contributed by atoms with Crippen molar-refractivity contribution in [1.29, 1.82) is 0 Å². The van der Waals surface area contributed by atoms with Gasteiger partial charge in [-0.05, 0) is 88.5 Å². The monoisotopic (exact) mass is 649 g/mol. The Hall–Kier alpha value is -5.84. The fraction of sp³-hybridized carbons (Fsp3) is 0.0667. The van der Waals surface area contributed by atoms with Gasteiger partial charge in [0.15, 0.2) is 23.0 Å². The van der Waals surface area contributed by atoms with Crippen LogP contribution in [0.3, 0.4) is 0 Å². The van der Waals surface area contributed by atoms with Crippen molar-refractivity contribution in [3.05, 3.63) is 163 Å². The number of hydrogen-bond donors (Lipinski definition) is 0. The molecule has 3 nitrogen and oxygen atoms in total. The van der Waals surface area contributed by atoms with Crippen molar-refractivity contribution in [2.45, 2.75) is 19.3 Å². The Morgan fingerprint density at radius 3 is 1.94 bits per heavy atom. The van der Waals surface area contributed by atoms with E-state index in [0.29, 0.717) is 0 Å². The summed E-state index contributed by atoms with van der Waals surface area (Å²) in [7, 11) is 0. The maximum Gasteiger partial charge on any atom is 0.177 e. The minimum absolute atomic E-state index is 0.110. The number of benzene rings is 7. The van der Waals surface area contributed by atoms with Gasteiger partial charge >= 0.3 is 0 Å². The molecule has 7 aromatic carbocycles. The Morgan fingerprint density at radius 1 is 0.469 bits per heavy atom. The molecular weight excluding hydrogens is 619 g/mol. The van der Waals surface area contributed by atoms with Crippen LogP contribution >= 0.6 is 11.3 Å². The van der Waals surface area contributed by atoms with Crippen molar-refractivity contribution in [2.75, 3.05) is 4.90 Å². The first-order valence-electron chi connectivity index (χ1n) is 16.7. The third kappa shape index (κ3) is 4.27. The maximum atomic E-state index is 6.83. The van der Waals surface area contributed by atoms with E-state index in [0.717, 1.165) is 51.2 Å². The molecule has 2 aliphatic rings. The van der Waals surface area contributed by atoms with E-state index in [-0.39, 0.29) is 5.41 Å². The summed E-state index contributed by atoms with van der Waals surface area (Å²) in [5.41, 5.74) is 10.5. The molecule has 49 heavy (non-hydrogen) atoms. The van der Waals surface area contributed by atoms with E-state index in [9.17, 15) is 0 Å². The summed E-state index contributed by atoms with van der Waals surface area (Å²) in [4.78, 5) is 2.32. The lowest BCUT2D eigenvalue weighted by Gasteiger charge is -2.26. The molecule has 0 saturated heterocycles. The normalized spacial score (nSPS) is 13.6. The molecule has 1 aromatic heterocycles. The molecule has 0 atom stereocenters. The number of ether oxygens (including phenoxy) is 2. The van der Waals surface area contributed by atoms with E-state index in [1.54, 1.807) is 0 Å². The molecule has 0 saturated carbocycles. The number of para-hydroxylation sites is 3. The van der Waals surface area contributed by atoms with Crippen molar-refractivity contribution < 1.29 is 9.47 Å². The SMILES string of the molecule is CC1(C)c2ccccc2-c2cc3c(cc21)Oc1cccc(-c2cccc4sc5cc(N(c6ccccc6)c6ccccc6)ccc5c24)c1O3. The van der Waals surface area contributed by atoms with E-state index in [2.05, 4.69) is 164 Å². The lowest BCUT2D eigenvalue weighted by atomic mass is 9.82. The second kappa shape index (κ2) is 10.6. The molecule has 0 fully saturated rings. The number of anilines is 3. The topological polar surface area (TPSA) is 21.7 Å². The van der Waals surface area contributed by atoms with E-state index in [1.165, 1.54) is 42.4 Å². The molecular formula is C45H31NO2S. The van der Waals surface area contributed by atoms with Crippen LogP contribution in [0, 0.1) is 0 Å². The summed E-state index contributed by atoms with van der Waals surface area (Å²) in [5, 5.41) is 2.46. The molecule has 10 rings (SSSR count). The van der Waals surface area contributed by atoms with Crippen LogP contribution in [0.5, 0.6) is 23.0 Å². The van der Waals surface area contributed by atoms with Gasteiger partial charge in [0, 0.05) is 48.2 Å². The van der Waals surface area contributed by atoms with Crippen LogP contribution in [0.15, 0.2) is 152 Å². The lowest BCUT2D eigenvalue weighted by molar-refractivity contribution is 0.360. The van der Waals surface area contributed by atoms with Crippen LogP contribution in [-0.4, -0.2) is 0 Å². The van der Waals surface area contributed by atoms with Gasteiger partial charge in [-0.3, -0.25) is 0 Å². The molecule has 1 aliphatic carbocycles. The Balaban J connectivity index is 1.09. The van der Waals surface area contributed by atoms with Crippen LogP contribution in [-0.2, 0) is 5.41 Å². The fourth-order valence-corrected chi connectivity index (χ4v) is 8.95. The van der Waals surface area contributed by atoms with Crippen molar-refractivity contribution in [2.24, 2.45) is 0 Å². The molecule has 0 N–H and O–H groups in total. The smallest absolute Gasteiger partial charge is 0.177 e. The van der Waals surface area contributed by atoms with Gasteiger partial charge in [0.25, 0.3) is 0 Å². The Kier molecular flexibility index (Phi) is 6.09. The average molecular weight is 650 g/mol. The van der Waals surface area contributed by atoms with Crippen molar-refractivity contribution in [1.82, 2.24) is 0 Å². The van der Waals surface area contributed by atoms with Gasteiger partial charge in [0.1, 0.15) is 0 Å². The number of thiophene rings is 1. The first-order valence-corrected chi connectivity index (χ1v) is 17.5. The van der Waals surface area contributed by atoms with Crippen LogP contribution in [0.4, 0.5) is 17.1 Å². The van der Waals surface area contributed by atoms with E-state index >= 15 is 0 Å². The minimum atomic E-state index is -0.110. The van der Waals surface area contributed by atoms with E-state index < -0.39 is 0 Å². The molecule has 0 bridgehead atoms. The molecule has 4 heteroatoms. The lowest BCUT2D eigenvalue weighted by Crippen LogP contribution is -2.15. The van der Waals surface area contributed by atoms with Gasteiger partial charge in [-0.1, -0.05) is 105 Å². The van der Waals surface area contributed by atoms with Crippen molar-refractivity contribution >= 4 is 48.6 Å².